The summed E-state index contributed by atoms with van der Waals surface area (Å²) < 4.78 is 0. The number of anilines is 1. The van der Waals surface area contributed by atoms with Crippen molar-refractivity contribution in [2.24, 2.45) is 0 Å². The quantitative estimate of drug-likeness (QED) is 0.649. The van der Waals surface area contributed by atoms with Crippen LogP contribution in [-0.4, -0.2) is 17.7 Å². The van der Waals surface area contributed by atoms with Crippen molar-refractivity contribution in [1.82, 2.24) is 10.7 Å². The molecule has 6 heteroatoms. The maximum absolute atomic E-state index is 13.0. The van der Waals surface area contributed by atoms with E-state index in [0.29, 0.717) is 17.7 Å². The Hall–Kier alpha value is -3.93. The Kier molecular flexibility index (Phi) is 6.08. The number of benzene rings is 3. The molecule has 0 radical (unpaired) electrons. The van der Waals surface area contributed by atoms with Crippen molar-refractivity contribution in [2.75, 3.05) is 5.01 Å². The van der Waals surface area contributed by atoms with E-state index >= 15 is 0 Å². The highest BCUT2D eigenvalue weighted by atomic mass is 16.2. The van der Waals surface area contributed by atoms with Crippen molar-refractivity contribution < 1.29 is 14.4 Å². The number of carbonyl (C=O) groups excluding carboxylic acids is 3. The predicted octanol–water partition coefficient (Wildman–Crippen LogP) is 3.56. The summed E-state index contributed by atoms with van der Waals surface area (Å²) in [6.07, 6.45) is 1.04. The van der Waals surface area contributed by atoms with Gasteiger partial charge in [-0.1, -0.05) is 60.7 Å². The molecule has 0 spiro atoms. The van der Waals surface area contributed by atoms with Crippen LogP contribution in [0, 0.1) is 0 Å². The SMILES string of the molecule is O=C1CCC(=O)N(c2ccc(C(=O)NC(Cc3ccccc3)c3ccccc3)cc2)N1. The molecule has 2 N–H and O–H groups in total. The summed E-state index contributed by atoms with van der Waals surface area (Å²) in [5.41, 5.74) is 5.72. The molecule has 156 valence electrons. The Labute approximate surface area is 180 Å². The highest BCUT2D eigenvalue weighted by molar-refractivity contribution is 6.01. The molecular formula is C25H23N3O3. The highest BCUT2D eigenvalue weighted by Gasteiger charge is 2.24. The molecule has 0 aromatic heterocycles. The minimum Gasteiger partial charge on any atom is -0.345 e. The number of hydrogen-bond donors (Lipinski definition) is 2. The van der Waals surface area contributed by atoms with Gasteiger partial charge in [-0.05, 0) is 41.8 Å². The van der Waals surface area contributed by atoms with E-state index in [4.69, 9.17) is 0 Å². The van der Waals surface area contributed by atoms with Crippen LogP contribution in [0.5, 0.6) is 0 Å². The first kappa shape index (κ1) is 20.3. The largest absolute Gasteiger partial charge is 0.345 e. The number of hydrazine groups is 1. The second kappa shape index (κ2) is 9.26. The second-order valence-electron chi connectivity index (χ2n) is 7.44. The van der Waals surface area contributed by atoms with Crippen molar-refractivity contribution >= 4 is 23.4 Å². The molecule has 1 saturated heterocycles. The van der Waals surface area contributed by atoms with Crippen LogP contribution in [0.4, 0.5) is 5.69 Å². The minimum absolute atomic E-state index is 0.173. The summed E-state index contributed by atoms with van der Waals surface area (Å²) in [6.45, 7) is 0. The van der Waals surface area contributed by atoms with Crippen LogP contribution in [0.15, 0.2) is 84.9 Å². The van der Waals surface area contributed by atoms with Gasteiger partial charge < -0.3 is 5.32 Å². The molecule has 1 aliphatic rings. The lowest BCUT2D eigenvalue weighted by atomic mass is 9.98. The number of nitrogens with one attached hydrogen (secondary N) is 2. The second-order valence-corrected chi connectivity index (χ2v) is 7.44. The molecule has 1 fully saturated rings. The first-order valence-electron chi connectivity index (χ1n) is 10.2. The van der Waals surface area contributed by atoms with Crippen LogP contribution in [0.2, 0.25) is 0 Å². The van der Waals surface area contributed by atoms with Crippen molar-refractivity contribution in [2.45, 2.75) is 25.3 Å². The first-order valence-corrected chi connectivity index (χ1v) is 10.2. The van der Waals surface area contributed by atoms with E-state index in [9.17, 15) is 14.4 Å². The zero-order chi connectivity index (χ0) is 21.6. The highest BCUT2D eigenvalue weighted by Crippen LogP contribution is 2.21. The molecule has 6 nitrogen and oxygen atoms in total. The van der Waals surface area contributed by atoms with Crippen LogP contribution >= 0.6 is 0 Å². The molecule has 0 saturated carbocycles. The molecule has 1 heterocycles. The van der Waals surface area contributed by atoms with Crippen LogP contribution in [0.3, 0.4) is 0 Å². The monoisotopic (exact) mass is 413 g/mol. The van der Waals surface area contributed by atoms with Crippen LogP contribution in [-0.2, 0) is 16.0 Å². The lowest BCUT2D eigenvalue weighted by molar-refractivity contribution is -0.130. The molecule has 0 aliphatic carbocycles. The van der Waals surface area contributed by atoms with Crippen molar-refractivity contribution in [3.8, 4) is 0 Å². The van der Waals surface area contributed by atoms with Gasteiger partial charge in [0.2, 0.25) is 11.8 Å². The summed E-state index contributed by atoms with van der Waals surface area (Å²) in [4.78, 5) is 36.6. The fraction of sp³-hybridized carbons (Fsp3) is 0.160. The van der Waals surface area contributed by atoms with Gasteiger partial charge in [-0.25, -0.2) is 5.01 Å². The molecule has 3 aromatic carbocycles. The van der Waals surface area contributed by atoms with Gasteiger partial charge in [0.15, 0.2) is 0 Å². The zero-order valence-electron chi connectivity index (χ0n) is 17.0. The lowest BCUT2D eigenvalue weighted by Gasteiger charge is -2.27. The molecule has 1 unspecified atom stereocenters. The van der Waals surface area contributed by atoms with E-state index in [1.54, 1.807) is 24.3 Å². The summed E-state index contributed by atoms with van der Waals surface area (Å²) in [6, 6.07) is 26.3. The Morgan fingerprint density at radius 2 is 1.52 bits per heavy atom. The minimum atomic E-state index is -0.203. The van der Waals surface area contributed by atoms with Gasteiger partial charge in [0.25, 0.3) is 5.91 Å². The van der Waals surface area contributed by atoms with E-state index in [-0.39, 0.29) is 36.6 Å². The molecule has 3 amide bonds. The molecule has 3 aromatic rings. The predicted molar refractivity (Wildman–Crippen MR) is 118 cm³/mol. The fourth-order valence-corrected chi connectivity index (χ4v) is 3.57. The molecule has 1 aliphatic heterocycles. The average molecular weight is 413 g/mol. The third-order valence-corrected chi connectivity index (χ3v) is 5.23. The molecular weight excluding hydrogens is 390 g/mol. The number of carbonyl (C=O) groups is 3. The average Bonchev–Trinajstić information content (AvgIpc) is 2.81. The third-order valence-electron chi connectivity index (χ3n) is 5.23. The Morgan fingerprint density at radius 3 is 2.19 bits per heavy atom. The van der Waals surface area contributed by atoms with Gasteiger partial charge in [-0.15, -0.1) is 0 Å². The van der Waals surface area contributed by atoms with Crippen LogP contribution in [0.1, 0.15) is 40.4 Å². The van der Waals surface area contributed by atoms with E-state index in [1.165, 1.54) is 5.01 Å². The fourth-order valence-electron chi connectivity index (χ4n) is 3.57. The number of amides is 3. The normalized spacial score (nSPS) is 14.6. The van der Waals surface area contributed by atoms with E-state index < -0.39 is 0 Å². The van der Waals surface area contributed by atoms with E-state index in [0.717, 1.165) is 11.1 Å². The Morgan fingerprint density at radius 1 is 0.871 bits per heavy atom. The lowest BCUT2D eigenvalue weighted by Crippen LogP contribution is -2.50. The van der Waals surface area contributed by atoms with Gasteiger partial charge in [-0.3, -0.25) is 19.8 Å². The van der Waals surface area contributed by atoms with Crippen LogP contribution < -0.4 is 15.8 Å². The number of hydrogen-bond acceptors (Lipinski definition) is 3. The van der Waals surface area contributed by atoms with Gasteiger partial charge >= 0.3 is 0 Å². The summed E-state index contributed by atoms with van der Waals surface area (Å²) in [5.74, 6) is -0.581. The molecule has 1 atom stereocenters. The van der Waals surface area contributed by atoms with Gasteiger partial charge in [0.05, 0.1) is 11.7 Å². The topological polar surface area (TPSA) is 78.5 Å². The van der Waals surface area contributed by atoms with Crippen molar-refractivity contribution in [3.63, 3.8) is 0 Å². The summed E-state index contributed by atoms with van der Waals surface area (Å²) >= 11 is 0. The molecule has 0 bridgehead atoms. The maximum Gasteiger partial charge on any atom is 0.251 e. The first-order chi connectivity index (χ1) is 15.1. The number of nitrogens with zero attached hydrogens (tertiary/aromatic N) is 1. The maximum atomic E-state index is 13.0. The van der Waals surface area contributed by atoms with Crippen molar-refractivity contribution in [3.05, 3.63) is 102 Å². The zero-order valence-corrected chi connectivity index (χ0v) is 17.0. The van der Waals surface area contributed by atoms with Gasteiger partial charge in [-0.2, -0.15) is 0 Å². The van der Waals surface area contributed by atoms with Gasteiger partial charge in [0, 0.05) is 18.4 Å². The number of rotatable bonds is 6. The summed E-state index contributed by atoms with van der Waals surface area (Å²) in [7, 11) is 0. The standard InChI is InChI=1S/C25H23N3O3/c29-23-15-16-24(30)28(27-23)21-13-11-20(12-14-21)25(31)26-22(19-9-5-2-6-10-19)17-18-7-3-1-4-8-18/h1-14,22H,15-17H2,(H,26,31)(H,27,29). The van der Waals surface area contributed by atoms with E-state index in [1.807, 2.05) is 60.7 Å². The van der Waals surface area contributed by atoms with Crippen LogP contribution in [0.25, 0.3) is 0 Å². The Bertz CT molecular complexity index is 1070. The van der Waals surface area contributed by atoms with E-state index in [2.05, 4.69) is 10.7 Å². The molecule has 4 rings (SSSR count). The van der Waals surface area contributed by atoms with Gasteiger partial charge in [0.1, 0.15) is 0 Å². The van der Waals surface area contributed by atoms with Crippen molar-refractivity contribution in [1.29, 1.82) is 0 Å². The third kappa shape index (κ3) is 4.98. The smallest absolute Gasteiger partial charge is 0.251 e. The summed E-state index contributed by atoms with van der Waals surface area (Å²) in [5, 5.41) is 4.36. The molecule has 31 heavy (non-hydrogen) atoms. The Balaban J connectivity index is 1.50.